The SMILES string of the molecule is CC(=O)N1c2ccccc2[C@H](O)[C@@H]1OC(=O)c1cccc(Cl)c1. The molecule has 3 rings (SSSR count). The number of rotatable bonds is 2. The van der Waals surface area contributed by atoms with Gasteiger partial charge in [-0.25, -0.2) is 4.79 Å². The van der Waals surface area contributed by atoms with Crippen LogP contribution in [0.25, 0.3) is 0 Å². The van der Waals surface area contributed by atoms with Crippen LogP contribution < -0.4 is 4.90 Å². The van der Waals surface area contributed by atoms with E-state index in [9.17, 15) is 14.7 Å². The number of halogens is 1. The number of anilines is 1. The van der Waals surface area contributed by atoms with Gasteiger partial charge in [-0.1, -0.05) is 35.9 Å². The molecule has 6 heteroatoms. The summed E-state index contributed by atoms with van der Waals surface area (Å²) in [5.41, 5.74) is 1.34. The van der Waals surface area contributed by atoms with Crippen molar-refractivity contribution in [2.75, 3.05) is 4.90 Å². The van der Waals surface area contributed by atoms with Crippen molar-refractivity contribution in [2.24, 2.45) is 0 Å². The Hall–Kier alpha value is -2.37. The average molecular weight is 332 g/mol. The highest BCUT2D eigenvalue weighted by Crippen LogP contribution is 2.40. The van der Waals surface area contributed by atoms with E-state index < -0.39 is 18.3 Å². The van der Waals surface area contributed by atoms with Gasteiger partial charge in [0.1, 0.15) is 6.10 Å². The summed E-state index contributed by atoms with van der Waals surface area (Å²) in [6.07, 6.45) is -2.20. The molecule has 0 saturated heterocycles. The number of hydrogen-bond acceptors (Lipinski definition) is 4. The molecule has 1 N–H and O–H groups in total. The van der Waals surface area contributed by atoms with Crippen LogP contribution >= 0.6 is 11.6 Å². The Morgan fingerprint density at radius 1 is 1.17 bits per heavy atom. The van der Waals surface area contributed by atoms with Gasteiger partial charge in [0.05, 0.1) is 11.3 Å². The summed E-state index contributed by atoms with van der Waals surface area (Å²) in [6.45, 7) is 1.36. The lowest BCUT2D eigenvalue weighted by Gasteiger charge is -2.25. The third-order valence-electron chi connectivity index (χ3n) is 3.67. The number of aliphatic hydroxyl groups excluding tert-OH is 1. The molecule has 0 aromatic heterocycles. The fourth-order valence-electron chi connectivity index (χ4n) is 2.65. The molecular formula is C17H14ClNO4. The molecule has 0 spiro atoms. The molecular weight excluding hydrogens is 318 g/mol. The van der Waals surface area contributed by atoms with Gasteiger partial charge < -0.3 is 9.84 Å². The highest BCUT2D eigenvalue weighted by molar-refractivity contribution is 6.30. The molecule has 1 heterocycles. The van der Waals surface area contributed by atoms with Crippen LogP contribution in [0, 0.1) is 0 Å². The van der Waals surface area contributed by atoms with Gasteiger partial charge in [-0.15, -0.1) is 0 Å². The first kappa shape index (κ1) is 15.5. The molecule has 0 fully saturated rings. The maximum atomic E-state index is 12.3. The van der Waals surface area contributed by atoms with E-state index in [4.69, 9.17) is 16.3 Å². The Morgan fingerprint density at radius 3 is 2.61 bits per heavy atom. The summed E-state index contributed by atoms with van der Waals surface area (Å²) in [5.74, 6) is -0.978. The number of hydrogen-bond donors (Lipinski definition) is 1. The van der Waals surface area contributed by atoms with Crippen LogP contribution in [0.15, 0.2) is 48.5 Å². The van der Waals surface area contributed by atoms with E-state index in [0.29, 0.717) is 16.3 Å². The van der Waals surface area contributed by atoms with Gasteiger partial charge in [0.25, 0.3) is 0 Å². The van der Waals surface area contributed by atoms with Gasteiger partial charge in [0.2, 0.25) is 12.1 Å². The van der Waals surface area contributed by atoms with Gasteiger partial charge in [-0.2, -0.15) is 0 Å². The zero-order valence-electron chi connectivity index (χ0n) is 12.3. The van der Waals surface area contributed by atoms with Gasteiger partial charge in [0, 0.05) is 17.5 Å². The predicted octanol–water partition coefficient (Wildman–Crippen LogP) is 2.92. The average Bonchev–Trinajstić information content (AvgIpc) is 2.80. The quantitative estimate of drug-likeness (QED) is 0.859. The highest BCUT2D eigenvalue weighted by atomic mass is 35.5. The van der Waals surface area contributed by atoms with Gasteiger partial charge in [0.15, 0.2) is 0 Å². The van der Waals surface area contributed by atoms with Crippen molar-refractivity contribution in [3.05, 3.63) is 64.7 Å². The molecule has 118 valence electrons. The van der Waals surface area contributed by atoms with Crippen molar-refractivity contribution >= 4 is 29.2 Å². The zero-order chi connectivity index (χ0) is 16.6. The number of esters is 1. The van der Waals surface area contributed by atoms with E-state index >= 15 is 0 Å². The molecule has 0 radical (unpaired) electrons. The molecule has 2 aromatic carbocycles. The first-order valence-corrected chi connectivity index (χ1v) is 7.40. The number of benzene rings is 2. The van der Waals surface area contributed by atoms with Crippen LogP contribution in [-0.4, -0.2) is 23.2 Å². The van der Waals surface area contributed by atoms with Crippen LogP contribution in [0.3, 0.4) is 0 Å². The third-order valence-corrected chi connectivity index (χ3v) is 3.90. The van der Waals surface area contributed by atoms with Gasteiger partial charge in [-0.3, -0.25) is 9.69 Å². The second kappa shape index (κ2) is 6.02. The van der Waals surface area contributed by atoms with E-state index in [0.717, 1.165) is 0 Å². The Bertz CT molecular complexity index is 777. The smallest absolute Gasteiger partial charge is 0.340 e. The standard InChI is InChI=1S/C17H14ClNO4/c1-10(20)19-14-8-3-2-7-13(14)15(21)16(19)23-17(22)11-5-4-6-12(18)9-11/h2-9,15-16,21H,1H3/t15-,16-/m0/s1. The summed E-state index contributed by atoms with van der Waals surface area (Å²) in [7, 11) is 0. The Morgan fingerprint density at radius 2 is 1.91 bits per heavy atom. The molecule has 0 saturated carbocycles. The maximum absolute atomic E-state index is 12.3. The lowest BCUT2D eigenvalue weighted by Crippen LogP contribution is -2.41. The highest BCUT2D eigenvalue weighted by Gasteiger charge is 2.42. The van der Waals surface area contributed by atoms with Crippen molar-refractivity contribution in [3.63, 3.8) is 0 Å². The normalized spacial score (nSPS) is 19.3. The molecule has 1 aliphatic heterocycles. The molecule has 2 aromatic rings. The number of carbonyl (C=O) groups excluding carboxylic acids is 2. The molecule has 1 aliphatic rings. The molecule has 2 atom stereocenters. The Balaban J connectivity index is 1.90. The van der Waals surface area contributed by atoms with Crippen molar-refractivity contribution in [2.45, 2.75) is 19.3 Å². The lowest BCUT2D eigenvalue weighted by atomic mass is 10.1. The van der Waals surface area contributed by atoms with Crippen molar-refractivity contribution < 1.29 is 19.4 Å². The van der Waals surface area contributed by atoms with Crippen LogP contribution in [0.1, 0.15) is 28.9 Å². The summed E-state index contributed by atoms with van der Waals surface area (Å²) in [6, 6.07) is 13.2. The minimum Gasteiger partial charge on any atom is -0.434 e. The summed E-state index contributed by atoms with van der Waals surface area (Å²) in [5, 5.41) is 10.8. The van der Waals surface area contributed by atoms with E-state index in [1.165, 1.54) is 17.9 Å². The summed E-state index contributed by atoms with van der Waals surface area (Å²) in [4.78, 5) is 25.5. The fraction of sp³-hybridized carbons (Fsp3) is 0.176. The topological polar surface area (TPSA) is 66.8 Å². The molecule has 5 nitrogen and oxygen atoms in total. The number of carbonyl (C=O) groups is 2. The second-order valence-corrected chi connectivity index (χ2v) is 5.64. The molecule has 0 unspecified atom stereocenters. The van der Waals surface area contributed by atoms with Crippen LogP contribution in [0.2, 0.25) is 5.02 Å². The summed E-state index contributed by atoms with van der Waals surface area (Å²) < 4.78 is 5.38. The molecule has 1 amide bonds. The second-order valence-electron chi connectivity index (χ2n) is 5.20. The maximum Gasteiger partial charge on any atom is 0.340 e. The number of nitrogens with zero attached hydrogens (tertiary/aromatic N) is 1. The largest absolute Gasteiger partial charge is 0.434 e. The van der Waals surface area contributed by atoms with Crippen molar-refractivity contribution in [1.29, 1.82) is 0 Å². The monoisotopic (exact) mass is 331 g/mol. The van der Waals surface area contributed by atoms with E-state index in [1.54, 1.807) is 42.5 Å². The minimum atomic E-state index is -1.10. The number of fused-ring (bicyclic) bond motifs is 1. The summed E-state index contributed by atoms with van der Waals surface area (Å²) >= 11 is 5.86. The number of ether oxygens (including phenoxy) is 1. The first-order chi connectivity index (χ1) is 11.0. The Labute approximate surface area is 138 Å². The van der Waals surface area contributed by atoms with E-state index in [1.807, 2.05) is 0 Å². The molecule has 0 aliphatic carbocycles. The predicted molar refractivity (Wildman–Crippen MR) is 85.2 cm³/mol. The first-order valence-electron chi connectivity index (χ1n) is 7.02. The Kier molecular flexibility index (Phi) is 4.07. The van der Waals surface area contributed by atoms with Crippen molar-refractivity contribution in [1.82, 2.24) is 0 Å². The van der Waals surface area contributed by atoms with Crippen LogP contribution in [0.4, 0.5) is 5.69 Å². The van der Waals surface area contributed by atoms with Crippen LogP contribution in [-0.2, 0) is 9.53 Å². The lowest BCUT2D eigenvalue weighted by molar-refractivity contribution is -0.119. The fourth-order valence-corrected chi connectivity index (χ4v) is 2.84. The van der Waals surface area contributed by atoms with Crippen molar-refractivity contribution in [3.8, 4) is 0 Å². The molecule has 0 bridgehead atoms. The zero-order valence-corrected chi connectivity index (χ0v) is 13.0. The van der Waals surface area contributed by atoms with Crippen LogP contribution in [0.5, 0.6) is 0 Å². The van der Waals surface area contributed by atoms with E-state index in [2.05, 4.69) is 0 Å². The third kappa shape index (κ3) is 2.81. The number of amides is 1. The minimum absolute atomic E-state index is 0.254. The van der Waals surface area contributed by atoms with E-state index in [-0.39, 0.29) is 11.5 Å². The van der Waals surface area contributed by atoms with Gasteiger partial charge >= 0.3 is 5.97 Å². The number of aliphatic hydroxyl groups is 1. The number of para-hydroxylation sites is 1. The molecule has 23 heavy (non-hydrogen) atoms. The van der Waals surface area contributed by atoms with Gasteiger partial charge in [-0.05, 0) is 24.3 Å².